The van der Waals surface area contributed by atoms with Crippen molar-refractivity contribution >= 4 is 40.2 Å². The van der Waals surface area contributed by atoms with Crippen molar-refractivity contribution in [3.8, 4) is 11.1 Å². The van der Waals surface area contributed by atoms with E-state index in [0.717, 1.165) is 34.9 Å². The molecule has 1 aromatic heterocycles. The van der Waals surface area contributed by atoms with Crippen LogP contribution in [0.1, 0.15) is 20.8 Å². The largest absolute Gasteiger partial charge is 0.352 e. The first-order chi connectivity index (χ1) is 14.6. The van der Waals surface area contributed by atoms with Crippen molar-refractivity contribution in [3.63, 3.8) is 0 Å². The average Bonchev–Trinajstić information content (AvgIpc) is 3.35. The van der Waals surface area contributed by atoms with Crippen LogP contribution in [0.3, 0.4) is 0 Å². The van der Waals surface area contributed by atoms with E-state index in [2.05, 4.69) is 22.1 Å². The van der Waals surface area contributed by atoms with E-state index in [1.165, 1.54) is 4.88 Å². The zero-order valence-electron chi connectivity index (χ0n) is 16.1. The fraction of sp³-hybridized carbons (Fsp3) is 0.174. The first kappa shape index (κ1) is 20.4. The average molecular weight is 437 g/mol. The van der Waals surface area contributed by atoms with Gasteiger partial charge in [-0.2, -0.15) is 0 Å². The van der Waals surface area contributed by atoms with Gasteiger partial charge in [0.25, 0.3) is 11.1 Å². The molecule has 0 aliphatic carbocycles. The number of amides is 3. The molecule has 0 spiro atoms. The Balaban J connectivity index is 1.31. The molecule has 0 saturated carbocycles. The maximum atomic E-state index is 12.1. The quantitative estimate of drug-likeness (QED) is 0.580. The zero-order valence-corrected chi connectivity index (χ0v) is 17.7. The van der Waals surface area contributed by atoms with Crippen molar-refractivity contribution in [1.29, 1.82) is 0 Å². The van der Waals surface area contributed by atoms with Gasteiger partial charge in [-0.1, -0.05) is 54.2 Å². The second-order valence-corrected chi connectivity index (χ2v) is 9.13. The number of benzene rings is 2. The van der Waals surface area contributed by atoms with E-state index < -0.39 is 0 Å². The van der Waals surface area contributed by atoms with Gasteiger partial charge in [-0.3, -0.25) is 19.7 Å². The molecule has 2 N–H and O–H groups in total. The minimum Gasteiger partial charge on any atom is -0.352 e. The minimum absolute atomic E-state index is 0.0567. The highest BCUT2D eigenvalue weighted by molar-refractivity contribution is 8.15. The van der Waals surface area contributed by atoms with Gasteiger partial charge in [-0.15, -0.1) is 11.3 Å². The van der Waals surface area contributed by atoms with Crippen LogP contribution in [0, 0.1) is 0 Å². The van der Waals surface area contributed by atoms with Gasteiger partial charge in [0.05, 0.1) is 5.25 Å². The lowest BCUT2D eigenvalue weighted by molar-refractivity contribution is -0.118. The molecule has 2 aromatic carbocycles. The van der Waals surface area contributed by atoms with Gasteiger partial charge in [0.1, 0.15) is 0 Å². The molecule has 1 saturated heterocycles. The van der Waals surface area contributed by atoms with E-state index in [4.69, 9.17) is 0 Å². The molecule has 5 nitrogen and oxygen atoms in total. The summed E-state index contributed by atoms with van der Waals surface area (Å²) in [5, 5.41) is 6.77. The molecule has 1 atom stereocenters. The molecule has 7 heteroatoms. The van der Waals surface area contributed by atoms with E-state index in [-0.39, 0.29) is 22.3 Å². The molecule has 1 fully saturated rings. The van der Waals surface area contributed by atoms with Crippen molar-refractivity contribution in [2.45, 2.75) is 18.1 Å². The number of hydrogen-bond acceptors (Lipinski definition) is 5. The van der Waals surface area contributed by atoms with Crippen LogP contribution < -0.4 is 10.6 Å². The smallest absolute Gasteiger partial charge is 0.286 e. The van der Waals surface area contributed by atoms with Crippen LogP contribution in [0.4, 0.5) is 4.79 Å². The second kappa shape index (κ2) is 9.28. The molecule has 4 rings (SSSR count). The van der Waals surface area contributed by atoms with Crippen LogP contribution in [-0.4, -0.2) is 28.8 Å². The van der Waals surface area contributed by atoms with Crippen LogP contribution in [0.2, 0.25) is 0 Å². The molecule has 3 aromatic rings. The summed E-state index contributed by atoms with van der Waals surface area (Å²) in [7, 11) is 0. The Hall–Kier alpha value is -2.90. The molecular formula is C23H20N2O3S2. The first-order valence-corrected chi connectivity index (χ1v) is 11.4. The lowest BCUT2D eigenvalue weighted by Crippen LogP contribution is -2.25. The number of thioether (sulfide) groups is 1. The van der Waals surface area contributed by atoms with E-state index in [0.29, 0.717) is 18.5 Å². The van der Waals surface area contributed by atoms with Crippen molar-refractivity contribution in [3.05, 3.63) is 82.0 Å². The van der Waals surface area contributed by atoms with Crippen molar-refractivity contribution < 1.29 is 14.4 Å². The van der Waals surface area contributed by atoms with Gasteiger partial charge in [0.2, 0.25) is 5.91 Å². The summed E-state index contributed by atoms with van der Waals surface area (Å²) in [4.78, 5) is 36.3. The maximum Gasteiger partial charge on any atom is 0.286 e. The van der Waals surface area contributed by atoms with Gasteiger partial charge in [0, 0.05) is 17.0 Å². The van der Waals surface area contributed by atoms with Gasteiger partial charge in [-0.05, 0) is 53.1 Å². The van der Waals surface area contributed by atoms with Gasteiger partial charge in [0.15, 0.2) is 0 Å². The van der Waals surface area contributed by atoms with Crippen molar-refractivity contribution in [2.75, 3.05) is 6.54 Å². The fourth-order valence-corrected chi connectivity index (χ4v) is 4.99. The Bertz CT molecular complexity index is 1060. The van der Waals surface area contributed by atoms with Crippen molar-refractivity contribution in [2.24, 2.45) is 0 Å². The third-order valence-corrected chi connectivity index (χ3v) is 6.80. The van der Waals surface area contributed by atoms with E-state index in [1.807, 2.05) is 42.5 Å². The third-order valence-electron chi connectivity index (χ3n) is 4.82. The number of carbonyl (C=O) groups is 3. The predicted molar refractivity (Wildman–Crippen MR) is 121 cm³/mol. The summed E-state index contributed by atoms with van der Waals surface area (Å²) in [5.41, 5.74) is 3.94. The van der Waals surface area contributed by atoms with Crippen LogP contribution >= 0.6 is 23.1 Å². The summed E-state index contributed by atoms with van der Waals surface area (Å²) >= 11 is 2.73. The molecule has 2 heterocycles. The molecular weight excluding hydrogens is 416 g/mol. The SMILES string of the molecule is O=C1NC(=O)C(Cc2ccc(-c3csc(CCNC(=O)c4ccccc4)c3)cc2)S1. The van der Waals surface area contributed by atoms with Crippen LogP contribution in [0.15, 0.2) is 66.0 Å². The Morgan fingerprint density at radius 2 is 1.77 bits per heavy atom. The van der Waals surface area contributed by atoms with Crippen LogP contribution in [-0.2, 0) is 17.6 Å². The molecule has 0 radical (unpaired) electrons. The highest BCUT2D eigenvalue weighted by Crippen LogP contribution is 2.28. The normalized spacial score (nSPS) is 15.8. The Kier molecular flexibility index (Phi) is 6.30. The number of nitrogens with one attached hydrogen (secondary N) is 2. The summed E-state index contributed by atoms with van der Waals surface area (Å²) in [6, 6.07) is 19.4. The lowest BCUT2D eigenvalue weighted by atomic mass is 10.0. The number of carbonyl (C=O) groups excluding carboxylic acids is 3. The number of thiophene rings is 1. The molecule has 3 amide bonds. The molecule has 30 heavy (non-hydrogen) atoms. The number of hydrogen-bond donors (Lipinski definition) is 2. The predicted octanol–water partition coefficient (Wildman–Crippen LogP) is 4.28. The monoisotopic (exact) mass is 436 g/mol. The molecule has 1 aliphatic rings. The standard InChI is InChI=1S/C23H20N2O3S2/c26-21(17-4-2-1-3-5-17)24-11-10-19-13-18(14-29-19)16-8-6-15(7-9-16)12-20-22(27)25-23(28)30-20/h1-9,13-14,20H,10-12H2,(H,24,26)(H,25,27,28). The summed E-state index contributed by atoms with van der Waals surface area (Å²) < 4.78 is 0. The summed E-state index contributed by atoms with van der Waals surface area (Å²) in [6.07, 6.45) is 1.32. The van der Waals surface area contributed by atoms with E-state index in [9.17, 15) is 14.4 Å². The highest BCUT2D eigenvalue weighted by Gasteiger charge is 2.31. The lowest BCUT2D eigenvalue weighted by Gasteiger charge is -2.06. The molecule has 1 aliphatic heterocycles. The van der Waals surface area contributed by atoms with Crippen LogP contribution in [0.5, 0.6) is 0 Å². The molecule has 1 unspecified atom stereocenters. The zero-order chi connectivity index (χ0) is 20.9. The number of imide groups is 1. The van der Waals surface area contributed by atoms with Gasteiger partial charge in [-0.25, -0.2) is 0 Å². The minimum atomic E-state index is -0.345. The molecule has 0 bridgehead atoms. The first-order valence-electron chi connectivity index (χ1n) is 9.60. The van der Waals surface area contributed by atoms with E-state index >= 15 is 0 Å². The summed E-state index contributed by atoms with van der Waals surface area (Å²) in [5.74, 6) is -0.269. The fourth-order valence-electron chi connectivity index (χ4n) is 3.23. The van der Waals surface area contributed by atoms with Crippen LogP contribution in [0.25, 0.3) is 11.1 Å². The second-order valence-electron chi connectivity index (χ2n) is 6.96. The Morgan fingerprint density at radius 1 is 1.00 bits per heavy atom. The Labute approximate surface area is 182 Å². The number of rotatable bonds is 7. The maximum absolute atomic E-state index is 12.1. The Morgan fingerprint density at radius 3 is 2.47 bits per heavy atom. The van der Waals surface area contributed by atoms with Gasteiger partial charge < -0.3 is 5.32 Å². The third kappa shape index (κ3) is 4.98. The van der Waals surface area contributed by atoms with E-state index in [1.54, 1.807) is 23.5 Å². The highest BCUT2D eigenvalue weighted by atomic mass is 32.2. The molecule has 152 valence electrons. The summed E-state index contributed by atoms with van der Waals surface area (Å²) in [6.45, 7) is 0.590. The topological polar surface area (TPSA) is 75.3 Å². The van der Waals surface area contributed by atoms with Crippen molar-refractivity contribution in [1.82, 2.24) is 10.6 Å². The van der Waals surface area contributed by atoms with Gasteiger partial charge >= 0.3 is 0 Å².